The second-order valence-corrected chi connectivity index (χ2v) is 8.45. The maximum absolute atomic E-state index is 12.7. The molecular formula is C23H37N3O2. The summed E-state index contributed by atoms with van der Waals surface area (Å²) in [5.41, 5.74) is 7.44. The van der Waals surface area contributed by atoms with Gasteiger partial charge < -0.3 is 20.7 Å². The number of benzene rings is 1. The van der Waals surface area contributed by atoms with Crippen molar-refractivity contribution < 1.29 is 9.53 Å². The van der Waals surface area contributed by atoms with Crippen molar-refractivity contribution in [3.8, 4) is 0 Å². The normalized spacial score (nSPS) is 26.1. The van der Waals surface area contributed by atoms with Crippen molar-refractivity contribution in [1.82, 2.24) is 10.2 Å². The maximum atomic E-state index is 12.7. The highest BCUT2D eigenvalue weighted by Crippen LogP contribution is 2.27. The molecule has 1 amide bonds. The van der Waals surface area contributed by atoms with Crippen LogP contribution in [0.15, 0.2) is 24.3 Å². The molecule has 1 heterocycles. The number of rotatable bonds is 8. The zero-order valence-corrected chi connectivity index (χ0v) is 17.4. The van der Waals surface area contributed by atoms with Crippen molar-refractivity contribution in [2.45, 2.75) is 58.0 Å². The molecule has 0 spiro atoms. The number of piperidine rings is 1. The van der Waals surface area contributed by atoms with Gasteiger partial charge in [-0.15, -0.1) is 0 Å². The molecule has 1 saturated heterocycles. The quantitative estimate of drug-likeness (QED) is 0.719. The number of carbonyl (C=O) groups is 1. The molecule has 0 aromatic heterocycles. The van der Waals surface area contributed by atoms with Gasteiger partial charge in [-0.25, -0.2) is 0 Å². The number of likely N-dealkylation sites (tertiary alicyclic amines) is 1. The first-order valence-electron chi connectivity index (χ1n) is 11.1. The lowest BCUT2D eigenvalue weighted by Gasteiger charge is -2.39. The van der Waals surface area contributed by atoms with Gasteiger partial charge >= 0.3 is 0 Å². The molecule has 28 heavy (non-hydrogen) atoms. The summed E-state index contributed by atoms with van der Waals surface area (Å²) in [7, 11) is 0. The van der Waals surface area contributed by atoms with Gasteiger partial charge in [0.25, 0.3) is 5.91 Å². The number of amides is 1. The van der Waals surface area contributed by atoms with Crippen LogP contribution in [-0.2, 0) is 11.3 Å². The summed E-state index contributed by atoms with van der Waals surface area (Å²) >= 11 is 0. The molecule has 3 rings (SSSR count). The van der Waals surface area contributed by atoms with E-state index in [-0.39, 0.29) is 11.9 Å². The minimum Gasteiger partial charge on any atom is -0.381 e. The fourth-order valence-corrected chi connectivity index (χ4v) is 4.73. The molecule has 0 bridgehead atoms. The van der Waals surface area contributed by atoms with E-state index in [1.54, 1.807) is 0 Å². The smallest absolute Gasteiger partial charge is 0.251 e. The molecule has 3 atom stereocenters. The number of ether oxygens (including phenoxy) is 1. The van der Waals surface area contributed by atoms with Gasteiger partial charge in [-0.3, -0.25) is 4.79 Å². The van der Waals surface area contributed by atoms with Crippen LogP contribution >= 0.6 is 0 Å². The van der Waals surface area contributed by atoms with Gasteiger partial charge in [-0.1, -0.05) is 25.0 Å². The molecule has 5 nitrogen and oxygen atoms in total. The first-order chi connectivity index (χ1) is 13.7. The van der Waals surface area contributed by atoms with Crippen molar-refractivity contribution in [3.05, 3.63) is 35.4 Å². The van der Waals surface area contributed by atoms with Crippen molar-refractivity contribution in [3.63, 3.8) is 0 Å². The molecule has 5 heteroatoms. The Morgan fingerprint density at radius 2 is 1.96 bits per heavy atom. The molecule has 3 N–H and O–H groups in total. The topological polar surface area (TPSA) is 67.6 Å². The van der Waals surface area contributed by atoms with Crippen molar-refractivity contribution in [1.29, 1.82) is 0 Å². The molecule has 2 fully saturated rings. The van der Waals surface area contributed by atoms with Crippen LogP contribution in [0, 0.1) is 11.8 Å². The summed E-state index contributed by atoms with van der Waals surface area (Å²) in [5.74, 6) is 1.26. The lowest BCUT2D eigenvalue weighted by Crippen LogP contribution is -2.48. The summed E-state index contributed by atoms with van der Waals surface area (Å²) in [4.78, 5) is 15.4. The molecule has 1 aliphatic heterocycles. The van der Waals surface area contributed by atoms with Crippen molar-refractivity contribution in [2.24, 2.45) is 17.6 Å². The van der Waals surface area contributed by atoms with Gasteiger partial charge in [0, 0.05) is 37.8 Å². The Morgan fingerprint density at radius 3 is 2.71 bits per heavy atom. The third kappa shape index (κ3) is 6.03. The Labute approximate surface area is 170 Å². The summed E-state index contributed by atoms with van der Waals surface area (Å²) in [6.07, 6.45) is 7.32. The van der Waals surface area contributed by atoms with E-state index in [0.717, 1.165) is 43.9 Å². The van der Waals surface area contributed by atoms with Gasteiger partial charge in [0.1, 0.15) is 0 Å². The van der Waals surface area contributed by atoms with E-state index in [9.17, 15) is 4.79 Å². The summed E-state index contributed by atoms with van der Waals surface area (Å²) < 4.78 is 5.66. The van der Waals surface area contributed by atoms with E-state index in [0.29, 0.717) is 18.4 Å². The fraction of sp³-hybridized carbons (Fsp3) is 0.696. The predicted octanol–water partition coefficient (Wildman–Crippen LogP) is 3.18. The van der Waals surface area contributed by atoms with E-state index in [1.165, 1.54) is 38.6 Å². The van der Waals surface area contributed by atoms with Crippen molar-refractivity contribution in [2.75, 3.05) is 32.8 Å². The Balaban J connectivity index is 1.55. The summed E-state index contributed by atoms with van der Waals surface area (Å²) in [6, 6.07) is 7.94. The van der Waals surface area contributed by atoms with E-state index in [4.69, 9.17) is 10.5 Å². The maximum Gasteiger partial charge on any atom is 0.251 e. The Hall–Kier alpha value is -1.43. The zero-order valence-electron chi connectivity index (χ0n) is 17.4. The fourth-order valence-electron chi connectivity index (χ4n) is 4.73. The van der Waals surface area contributed by atoms with E-state index < -0.39 is 0 Å². The Kier molecular flexibility index (Phi) is 8.31. The molecule has 0 radical (unpaired) electrons. The third-order valence-corrected chi connectivity index (χ3v) is 6.33. The van der Waals surface area contributed by atoms with E-state index >= 15 is 0 Å². The lowest BCUT2D eigenvalue weighted by atomic mass is 9.83. The minimum absolute atomic E-state index is 0.0494. The van der Waals surface area contributed by atoms with Crippen LogP contribution in [0.3, 0.4) is 0 Å². The predicted molar refractivity (Wildman–Crippen MR) is 113 cm³/mol. The first kappa shape index (κ1) is 21.3. The second-order valence-electron chi connectivity index (χ2n) is 8.45. The van der Waals surface area contributed by atoms with Crippen LogP contribution in [0.5, 0.6) is 0 Å². The zero-order chi connectivity index (χ0) is 19.8. The average molecular weight is 388 g/mol. The largest absolute Gasteiger partial charge is 0.381 e. The highest BCUT2D eigenvalue weighted by Gasteiger charge is 2.30. The first-order valence-corrected chi connectivity index (χ1v) is 11.1. The molecule has 1 aromatic carbocycles. The molecule has 156 valence electrons. The molecule has 3 unspecified atom stereocenters. The van der Waals surface area contributed by atoms with Gasteiger partial charge in [0.05, 0.1) is 6.61 Å². The van der Waals surface area contributed by atoms with Crippen LogP contribution in [0.2, 0.25) is 0 Å². The Morgan fingerprint density at radius 1 is 1.18 bits per heavy atom. The summed E-state index contributed by atoms with van der Waals surface area (Å²) in [5, 5.41) is 3.34. The molecule has 1 saturated carbocycles. The molecule has 1 aromatic rings. The summed E-state index contributed by atoms with van der Waals surface area (Å²) in [6.45, 7) is 7.68. The standard InChI is InChI=1S/C23H37N3O2/c1-2-28-17-19-6-5-13-26(15-19)16-21-7-3-4-8-22(21)25-23(27)20-11-9-18(14-24)10-12-20/h9-12,19,21-22H,2-8,13-17,24H2,1H3,(H,25,27). The number of nitrogens with one attached hydrogen (secondary N) is 1. The van der Waals surface area contributed by atoms with Gasteiger partial charge in [0.15, 0.2) is 0 Å². The lowest BCUT2D eigenvalue weighted by molar-refractivity contribution is 0.0548. The van der Waals surface area contributed by atoms with Gasteiger partial charge in [-0.05, 0) is 68.7 Å². The number of nitrogens with zero attached hydrogens (tertiary/aromatic N) is 1. The van der Waals surface area contributed by atoms with E-state index in [1.807, 2.05) is 24.3 Å². The highest BCUT2D eigenvalue weighted by atomic mass is 16.5. The molecular weight excluding hydrogens is 350 g/mol. The minimum atomic E-state index is 0.0494. The second kappa shape index (κ2) is 10.9. The van der Waals surface area contributed by atoms with Crippen LogP contribution in [-0.4, -0.2) is 49.7 Å². The third-order valence-electron chi connectivity index (χ3n) is 6.33. The van der Waals surface area contributed by atoms with Crippen molar-refractivity contribution >= 4 is 5.91 Å². The van der Waals surface area contributed by atoms with Gasteiger partial charge in [-0.2, -0.15) is 0 Å². The molecule has 2 aliphatic rings. The number of carbonyl (C=O) groups excluding carboxylic acids is 1. The average Bonchev–Trinajstić information content (AvgIpc) is 2.74. The van der Waals surface area contributed by atoms with Crippen LogP contribution in [0.4, 0.5) is 0 Å². The molecule has 1 aliphatic carbocycles. The number of hydrogen-bond donors (Lipinski definition) is 2. The van der Waals surface area contributed by atoms with Crippen LogP contribution in [0.25, 0.3) is 0 Å². The number of nitrogens with two attached hydrogens (primary N) is 1. The number of hydrogen-bond acceptors (Lipinski definition) is 4. The van der Waals surface area contributed by atoms with E-state index in [2.05, 4.69) is 17.1 Å². The Bertz CT molecular complexity index is 604. The SMILES string of the molecule is CCOCC1CCCN(CC2CCCCC2NC(=O)c2ccc(CN)cc2)C1. The monoisotopic (exact) mass is 387 g/mol. The van der Waals surface area contributed by atoms with Crippen LogP contribution < -0.4 is 11.1 Å². The van der Waals surface area contributed by atoms with Crippen LogP contribution in [0.1, 0.15) is 61.4 Å². The highest BCUT2D eigenvalue weighted by molar-refractivity contribution is 5.94. The van der Waals surface area contributed by atoms with Gasteiger partial charge in [0.2, 0.25) is 0 Å².